The Hall–Kier alpha value is -0.570. The lowest BCUT2D eigenvalue weighted by atomic mass is 9.99. The first kappa shape index (κ1) is 7.54. The summed E-state index contributed by atoms with van der Waals surface area (Å²) in [5, 5.41) is 8.80. The number of aliphatic carboxylic acids is 1. The monoisotopic (exact) mass is 143 g/mol. The second kappa shape index (κ2) is 2.23. The Morgan fingerprint density at radius 1 is 1.70 bits per heavy atom. The molecule has 1 aliphatic rings. The zero-order valence-electron chi connectivity index (χ0n) is 6.42. The van der Waals surface area contributed by atoms with E-state index in [0.29, 0.717) is 6.42 Å². The Balaban J connectivity index is 2.65. The van der Waals surface area contributed by atoms with Crippen molar-refractivity contribution in [3.8, 4) is 0 Å². The molecule has 0 radical (unpaired) electrons. The van der Waals surface area contributed by atoms with Crippen molar-refractivity contribution in [2.45, 2.75) is 25.8 Å². The molecule has 3 heteroatoms. The third kappa shape index (κ3) is 1.01. The first-order valence-corrected chi connectivity index (χ1v) is 3.59. The molecule has 1 aliphatic heterocycles. The van der Waals surface area contributed by atoms with Gasteiger partial charge in [0.25, 0.3) is 0 Å². The molecule has 0 amide bonds. The summed E-state index contributed by atoms with van der Waals surface area (Å²) in [6.07, 6.45) is 0.683. The van der Waals surface area contributed by atoms with Gasteiger partial charge in [-0.2, -0.15) is 0 Å². The SMILES string of the molecule is CCC(C)(C(=O)O)N1CC1. The average Bonchev–Trinajstić information content (AvgIpc) is 2.67. The second-order valence-electron chi connectivity index (χ2n) is 2.92. The van der Waals surface area contributed by atoms with E-state index in [0.717, 1.165) is 13.1 Å². The Bertz CT molecular complexity index is 154. The van der Waals surface area contributed by atoms with E-state index in [1.54, 1.807) is 6.92 Å². The molecule has 3 nitrogen and oxygen atoms in total. The molecule has 0 saturated carbocycles. The first-order chi connectivity index (χ1) is 4.61. The fourth-order valence-electron chi connectivity index (χ4n) is 1.05. The average molecular weight is 143 g/mol. The Kier molecular flexibility index (Phi) is 1.68. The van der Waals surface area contributed by atoms with Crippen molar-refractivity contribution in [3.05, 3.63) is 0 Å². The zero-order chi connectivity index (χ0) is 7.78. The molecule has 1 saturated heterocycles. The summed E-state index contributed by atoms with van der Waals surface area (Å²) < 4.78 is 0. The normalized spacial score (nSPS) is 23.8. The van der Waals surface area contributed by atoms with Crippen molar-refractivity contribution < 1.29 is 9.90 Å². The third-order valence-corrected chi connectivity index (χ3v) is 2.29. The minimum Gasteiger partial charge on any atom is -0.480 e. The lowest BCUT2D eigenvalue weighted by molar-refractivity contribution is -0.147. The zero-order valence-corrected chi connectivity index (χ0v) is 6.42. The fourth-order valence-corrected chi connectivity index (χ4v) is 1.05. The van der Waals surface area contributed by atoms with Crippen LogP contribution in [0, 0.1) is 0 Å². The van der Waals surface area contributed by atoms with E-state index in [2.05, 4.69) is 0 Å². The molecule has 1 fully saturated rings. The third-order valence-electron chi connectivity index (χ3n) is 2.29. The van der Waals surface area contributed by atoms with E-state index in [1.165, 1.54) is 0 Å². The van der Waals surface area contributed by atoms with E-state index >= 15 is 0 Å². The van der Waals surface area contributed by atoms with Gasteiger partial charge in [-0.1, -0.05) is 6.92 Å². The van der Waals surface area contributed by atoms with Crippen molar-refractivity contribution in [3.63, 3.8) is 0 Å². The fraction of sp³-hybridized carbons (Fsp3) is 0.857. The maximum absolute atomic E-state index is 10.7. The number of carbonyl (C=O) groups is 1. The number of rotatable bonds is 3. The molecule has 1 rings (SSSR count). The summed E-state index contributed by atoms with van der Waals surface area (Å²) in [6, 6.07) is 0. The van der Waals surface area contributed by atoms with Gasteiger partial charge >= 0.3 is 5.97 Å². The molecule has 1 heterocycles. The Labute approximate surface area is 60.6 Å². The van der Waals surface area contributed by atoms with Crippen LogP contribution < -0.4 is 0 Å². The van der Waals surface area contributed by atoms with Gasteiger partial charge in [0.05, 0.1) is 0 Å². The maximum atomic E-state index is 10.7. The first-order valence-electron chi connectivity index (χ1n) is 3.59. The predicted molar refractivity (Wildman–Crippen MR) is 37.9 cm³/mol. The second-order valence-corrected chi connectivity index (χ2v) is 2.92. The van der Waals surface area contributed by atoms with Gasteiger partial charge in [-0.25, -0.2) is 0 Å². The number of carboxylic acid groups (broad SMARTS) is 1. The van der Waals surface area contributed by atoms with E-state index in [9.17, 15) is 4.79 Å². The van der Waals surface area contributed by atoms with Crippen LogP contribution in [0.3, 0.4) is 0 Å². The molecule has 1 atom stereocenters. The van der Waals surface area contributed by atoms with Gasteiger partial charge in [0.1, 0.15) is 5.54 Å². The number of hydrogen-bond donors (Lipinski definition) is 1. The van der Waals surface area contributed by atoms with Crippen molar-refractivity contribution in [1.29, 1.82) is 0 Å². The quantitative estimate of drug-likeness (QED) is 0.587. The highest BCUT2D eigenvalue weighted by atomic mass is 16.4. The molecule has 0 aromatic carbocycles. The highest BCUT2D eigenvalue weighted by Gasteiger charge is 2.43. The molecular formula is C7H13NO2. The molecule has 1 unspecified atom stereocenters. The van der Waals surface area contributed by atoms with Crippen LogP contribution in [0.5, 0.6) is 0 Å². The smallest absolute Gasteiger partial charge is 0.323 e. The van der Waals surface area contributed by atoms with Crippen LogP contribution in [0.2, 0.25) is 0 Å². The minimum atomic E-state index is -0.701. The highest BCUT2D eigenvalue weighted by Crippen LogP contribution is 2.25. The van der Waals surface area contributed by atoms with Gasteiger partial charge in [-0.05, 0) is 13.3 Å². The molecule has 0 aliphatic carbocycles. The van der Waals surface area contributed by atoms with Crippen LogP contribution in [0.4, 0.5) is 0 Å². The van der Waals surface area contributed by atoms with Crippen LogP contribution in [0.1, 0.15) is 20.3 Å². The molecular weight excluding hydrogens is 130 g/mol. The van der Waals surface area contributed by atoms with Gasteiger partial charge in [-0.15, -0.1) is 0 Å². The predicted octanol–water partition coefficient (Wildman–Crippen LogP) is 0.555. The molecule has 1 N–H and O–H groups in total. The van der Waals surface area contributed by atoms with Gasteiger partial charge < -0.3 is 5.11 Å². The number of carboxylic acids is 1. The Morgan fingerprint density at radius 2 is 2.20 bits per heavy atom. The molecule has 0 spiro atoms. The van der Waals surface area contributed by atoms with Crippen LogP contribution in [0.25, 0.3) is 0 Å². The molecule has 0 aromatic heterocycles. The van der Waals surface area contributed by atoms with Gasteiger partial charge in [-0.3, -0.25) is 9.69 Å². The summed E-state index contributed by atoms with van der Waals surface area (Å²) in [5.41, 5.74) is -0.597. The summed E-state index contributed by atoms with van der Waals surface area (Å²) in [6.45, 7) is 5.57. The Morgan fingerprint density at radius 3 is 2.30 bits per heavy atom. The van der Waals surface area contributed by atoms with Crippen LogP contribution >= 0.6 is 0 Å². The highest BCUT2D eigenvalue weighted by molar-refractivity contribution is 5.78. The number of nitrogens with zero attached hydrogens (tertiary/aromatic N) is 1. The lowest BCUT2D eigenvalue weighted by Crippen LogP contribution is -2.42. The minimum absolute atomic E-state index is 0.597. The van der Waals surface area contributed by atoms with Crippen molar-refractivity contribution in [1.82, 2.24) is 4.90 Å². The van der Waals surface area contributed by atoms with Gasteiger partial charge in [0.15, 0.2) is 0 Å². The molecule has 10 heavy (non-hydrogen) atoms. The maximum Gasteiger partial charge on any atom is 0.323 e. The summed E-state index contributed by atoms with van der Waals surface area (Å²) >= 11 is 0. The summed E-state index contributed by atoms with van der Waals surface area (Å²) in [7, 11) is 0. The van der Waals surface area contributed by atoms with Crippen LogP contribution in [-0.2, 0) is 4.79 Å². The van der Waals surface area contributed by atoms with Crippen molar-refractivity contribution in [2.75, 3.05) is 13.1 Å². The largest absolute Gasteiger partial charge is 0.480 e. The molecule has 0 bridgehead atoms. The molecule has 58 valence electrons. The van der Waals surface area contributed by atoms with Gasteiger partial charge in [0, 0.05) is 13.1 Å². The van der Waals surface area contributed by atoms with Crippen molar-refractivity contribution in [2.24, 2.45) is 0 Å². The summed E-state index contributed by atoms with van der Waals surface area (Å²) in [5.74, 6) is -0.701. The summed E-state index contributed by atoms with van der Waals surface area (Å²) in [4.78, 5) is 12.7. The lowest BCUT2D eigenvalue weighted by Gasteiger charge is -2.23. The van der Waals surface area contributed by atoms with Gasteiger partial charge in [0.2, 0.25) is 0 Å². The van der Waals surface area contributed by atoms with Crippen molar-refractivity contribution >= 4 is 5.97 Å². The van der Waals surface area contributed by atoms with E-state index < -0.39 is 11.5 Å². The topological polar surface area (TPSA) is 40.3 Å². The standard InChI is InChI=1S/C7H13NO2/c1-3-7(2,6(9)10)8-4-5-8/h3-5H2,1-2H3,(H,9,10). The van der Waals surface area contributed by atoms with Crippen LogP contribution in [0.15, 0.2) is 0 Å². The van der Waals surface area contributed by atoms with E-state index in [-0.39, 0.29) is 0 Å². The van der Waals surface area contributed by atoms with Crippen LogP contribution in [-0.4, -0.2) is 34.6 Å². The van der Waals surface area contributed by atoms with E-state index in [4.69, 9.17) is 5.11 Å². The number of hydrogen-bond acceptors (Lipinski definition) is 2. The molecule has 0 aromatic rings. The van der Waals surface area contributed by atoms with E-state index in [1.807, 2.05) is 11.8 Å².